The number of nitrogens with two attached hydrogens (primary N) is 1. The first-order chi connectivity index (χ1) is 10.1. The summed E-state index contributed by atoms with van der Waals surface area (Å²) >= 11 is 0. The Kier molecular flexibility index (Phi) is 3.40. The highest BCUT2D eigenvalue weighted by atomic mass is 16.1. The molecule has 0 fully saturated rings. The minimum absolute atomic E-state index is 0.0123. The van der Waals surface area contributed by atoms with Gasteiger partial charge < -0.3 is 5.73 Å². The lowest BCUT2D eigenvalue weighted by Crippen LogP contribution is -2.08. The molecule has 1 aromatic heterocycles. The van der Waals surface area contributed by atoms with Crippen molar-refractivity contribution in [1.82, 2.24) is 4.98 Å². The molecule has 2 N–H and O–H groups in total. The maximum absolute atomic E-state index is 12.4. The summed E-state index contributed by atoms with van der Waals surface area (Å²) in [5.41, 5.74) is 9.93. The van der Waals surface area contributed by atoms with Crippen LogP contribution in [0.2, 0.25) is 0 Å². The molecule has 0 saturated carbocycles. The molecule has 2 aromatic carbocycles. The van der Waals surface area contributed by atoms with Crippen molar-refractivity contribution in [2.24, 2.45) is 0 Å². The summed E-state index contributed by atoms with van der Waals surface area (Å²) in [4.78, 5) is 16.9. The van der Waals surface area contributed by atoms with Crippen molar-refractivity contribution >= 4 is 22.4 Å². The molecule has 21 heavy (non-hydrogen) atoms. The minimum Gasteiger partial charge on any atom is -0.398 e. The quantitative estimate of drug-likeness (QED) is 0.744. The van der Waals surface area contributed by atoms with Crippen molar-refractivity contribution in [3.8, 4) is 0 Å². The Morgan fingerprint density at radius 2 is 1.81 bits per heavy atom. The number of Topliss-reactive ketones (excluding diaryl/α,β-unsaturated/α-hetero) is 1. The zero-order valence-electron chi connectivity index (χ0n) is 11.8. The van der Waals surface area contributed by atoms with Gasteiger partial charge >= 0.3 is 0 Å². The Morgan fingerprint density at radius 3 is 2.62 bits per heavy atom. The molecule has 0 aliphatic heterocycles. The molecule has 0 atom stereocenters. The van der Waals surface area contributed by atoms with E-state index in [1.807, 2.05) is 55.5 Å². The van der Waals surface area contributed by atoms with Crippen LogP contribution in [0, 0.1) is 6.92 Å². The van der Waals surface area contributed by atoms with Crippen LogP contribution in [0.3, 0.4) is 0 Å². The van der Waals surface area contributed by atoms with Gasteiger partial charge in [-0.2, -0.15) is 0 Å². The molecular formula is C18H16N2O. The van der Waals surface area contributed by atoms with E-state index >= 15 is 0 Å². The molecule has 3 nitrogen and oxygen atoms in total. The largest absolute Gasteiger partial charge is 0.398 e. The third kappa shape index (κ3) is 2.63. The van der Waals surface area contributed by atoms with Crippen LogP contribution in [0.4, 0.5) is 5.69 Å². The number of nitrogen functional groups attached to an aromatic ring is 1. The van der Waals surface area contributed by atoms with Gasteiger partial charge in [-0.15, -0.1) is 0 Å². The van der Waals surface area contributed by atoms with Crippen LogP contribution in [0.15, 0.2) is 54.6 Å². The zero-order chi connectivity index (χ0) is 14.8. The van der Waals surface area contributed by atoms with Crippen LogP contribution in [0.25, 0.3) is 10.9 Å². The normalized spacial score (nSPS) is 10.7. The second kappa shape index (κ2) is 5.37. The van der Waals surface area contributed by atoms with Crippen molar-refractivity contribution in [2.75, 3.05) is 5.73 Å². The number of carbonyl (C=O) groups excluding carboxylic acids is 1. The number of ketones is 1. The van der Waals surface area contributed by atoms with Crippen LogP contribution in [-0.2, 0) is 6.42 Å². The maximum atomic E-state index is 12.4. The Labute approximate surface area is 123 Å². The second-order valence-corrected chi connectivity index (χ2v) is 5.14. The zero-order valence-corrected chi connectivity index (χ0v) is 11.8. The fraction of sp³-hybridized carbons (Fsp3) is 0.111. The van der Waals surface area contributed by atoms with Gasteiger partial charge in [0.25, 0.3) is 0 Å². The molecule has 3 aromatic rings. The SMILES string of the molecule is Cc1ccccc1CC(=O)c1cc(N)c2ccccc2n1. The average Bonchev–Trinajstić information content (AvgIpc) is 2.49. The van der Waals surface area contributed by atoms with Gasteiger partial charge in [-0.1, -0.05) is 42.5 Å². The smallest absolute Gasteiger partial charge is 0.185 e. The summed E-state index contributed by atoms with van der Waals surface area (Å²) < 4.78 is 0. The van der Waals surface area contributed by atoms with E-state index in [4.69, 9.17) is 5.73 Å². The highest BCUT2D eigenvalue weighted by Crippen LogP contribution is 2.21. The summed E-state index contributed by atoms with van der Waals surface area (Å²) in [6, 6.07) is 17.1. The van der Waals surface area contributed by atoms with Crippen LogP contribution >= 0.6 is 0 Å². The van der Waals surface area contributed by atoms with Crippen LogP contribution in [0.5, 0.6) is 0 Å². The van der Waals surface area contributed by atoms with Crippen LogP contribution in [0.1, 0.15) is 21.6 Å². The average molecular weight is 276 g/mol. The first-order valence-corrected chi connectivity index (χ1v) is 6.88. The number of carbonyl (C=O) groups is 1. The summed E-state index contributed by atoms with van der Waals surface area (Å²) in [6.07, 6.45) is 0.345. The predicted octanol–water partition coefficient (Wildman–Crippen LogP) is 3.55. The minimum atomic E-state index is -0.0123. The lowest BCUT2D eigenvalue weighted by Gasteiger charge is -2.07. The summed E-state index contributed by atoms with van der Waals surface area (Å²) in [5.74, 6) is -0.0123. The molecule has 0 radical (unpaired) electrons. The number of aromatic nitrogens is 1. The van der Waals surface area contributed by atoms with E-state index in [1.54, 1.807) is 6.07 Å². The topological polar surface area (TPSA) is 56.0 Å². The molecule has 0 spiro atoms. The summed E-state index contributed by atoms with van der Waals surface area (Å²) in [5, 5.41) is 0.880. The van der Waals surface area contributed by atoms with E-state index in [2.05, 4.69) is 4.98 Å². The molecule has 1 heterocycles. The number of nitrogens with zero attached hydrogens (tertiary/aromatic N) is 1. The summed E-state index contributed by atoms with van der Waals surface area (Å²) in [7, 11) is 0. The highest BCUT2D eigenvalue weighted by molar-refractivity contribution is 6.01. The molecule has 0 aliphatic rings. The number of benzene rings is 2. The van der Waals surface area contributed by atoms with E-state index in [0.29, 0.717) is 17.8 Å². The van der Waals surface area contributed by atoms with E-state index in [0.717, 1.165) is 22.0 Å². The van der Waals surface area contributed by atoms with Crippen molar-refractivity contribution in [3.05, 3.63) is 71.4 Å². The number of hydrogen-bond acceptors (Lipinski definition) is 3. The second-order valence-electron chi connectivity index (χ2n) is 5.14. The standard InChI is InChI=1S/C18H16N2O/c1-12-6-2-3-7-13(12)10-18(21)17-11-15(19)14-8-4-5-9-16(14)20-17/h2-9,11H,10H2,1H3,(H2,19,20). The van der Waals surface area contributed by atoms with Gasteiger partial charge in [0.05, 0.1) is 5.52 Å². The molecule has 0 bridgehead atoms. The molecule has 0 amide bonds. The fourth-order valence-electron chi connectivity index (χ4n) is 2.42. The van der Waals surface area contributed by atoms with Gasteiger partial charge in [0.2, 0.25) is 0 Å². The Bertz CT molecular complexity index is 824. The summed E-state index contributed by atoms with van der Waals surface area (Å²) in [6.45, 7) is 2.00. The Balaban J connectivity index is 1.97. The van der Waals surface area contributed by atoms with Gasteiger partial charge in [0.15, 0.2) is 5.78 Å². The number of para-hydroxylation sites is 1. The third-order valence-electron chi connectivity index (χ3n) is 3.65. The van der Waals surface area contributed by atoms with Gasteiger partial charge in [-0.05, 0) is 30.2 Å². The van der Waals surface area contributed by atoms with Crippen LogP contribution in [-0.4, -0.2) is 10.8 Å². The molecule has 0 unspecified atom stereocenters. The van der Waals surface area contributed by atoms with E-state index in [9.17, 15) is 4.79 Å². The van der Waals surface area contributed by atoms with Gasteiger partial charge in [0.1, 0.15) is 5.69 Å². The van der Waals surface area contributed by atoms with Crippen molar-refractivity contribution in [3.63, 3.8) is 0 Å². The van der Waals surface area contributed by atoms with Crippen molar-refractivity contribution in [1.29, 1.82) is 0 Å². The number of fused-ring (bicyclic) bond motifs is 1. The van der Waals surface area contributed by atoms with Gasteiger partial charge in [-0.3, -0.25) is 4.79 Å². The molecule has 3 heteroatoms. The first-order valence-electron chi connectivity index (χ1n) is 6.88. The molecule has 104 valence electrons. The van der Waals surface area contributed by atoms with E-state index < -0.39 is 0 Å². The van der Waals surface area contributed by atoms with E-state index in [-0.39, 0.29) is 5.78 Å². The number of rotatable bonds is 3. The Morgan fingerprint density at radius 1 is 1.10 bits per heavy atom. The third-order valence-corrected chi connectivity index (χ3v) is 3.65. The molecule has 3 rings (SSSR count). The van der Waals surface area contributed by atoms with Crippen LogP contribution < -0.4 is 5.73 Å². The molecule has 0 aliphatic carbocycles. The number of pyridine rings is 1. The molecular weight excluding hydrogens is 260 g/mol. The first kappa shape index (κ1) is 13.3. The monoisotopic (exact) mass is 276 g/mol. The van der Waals surface area contributed by atoms with Gasteiger partial charge in [-0.25, -0.2) is 4.98 Å². The van der Waals surface area contributed by atoms with Gasteiger partial charge in [0, 0.05) is 17.5 Å². The Hall–Kier alpha value is -2.68. The number of hydrogen-bond donors (Lipinski definition) is 1. The number of anilines is 1. The van der Waals surface area contributed by atoms with Crippen molar-refractivity contribution < 1.29 is 4.79 Å². The fourth-order valence-corrected chi connectivity index (χ4v) is 2.42. The predicted molar refractivity (Wildman–Crippen MR) is 85.4 cm³/mol. The highest BCUT2D eigenvalue weighted by Gasteiger charge is 2.12. The van der Waals surface area contributed by atoms with E-state index in [1.165, 1.54) is 0 Å². The molecule has 0 saturated heterocycles. The lowest BCUT2D eigenvalue weighted by molar-refractivity contribution is 0.0988. The number of aryl methyl sites for hydroxylation is 1. The maximum Gasteiger partial charge on any atom is 0.185 e. The van der Waals surface area contributed by atoms with Crippen molar-refractivity contribution in [2.45, 2.75) is 13.3 Å². The lowest BCUT2D eigenvalue weighted by atomic mass is 10.0.